The molecule has 0 aliphatic carbocycles. The molecular weight excluding hydrogens is 350 g/mol. The topological polar surface area (TPSA) is 69.4 Å². The maximum Gasteiger partial charge on any atom is 0.280 e. The molecule has 0 saturated heterocycles. The van der Waals surface area contributed by atoms with Crippen LogP contribution in [0.25, 0.3) is 6.08 Å². The number of para-hydroxylation sites is 1. The first-order valence-corrected chi connectivity index (χ1v) is 7.11. The van der Waals surface area contributed by atoms with Gasteiger partial charge in [-0.05, 0) is 45.8 Å². The van der Waals surface area contributed by atoms with E-state index >= 15 is 0 Å². The number of hydrogen-bond acceptors (Lipinski definition) is 4. The smallest absolute Gasteiger partial charge is 0.280 e. The van der Waals surface area contributed by atoms with Crippen molar-refractivity contribution in [2.24, 2.45) is 0 Å². The van der Waals surface area contributed by atoms with Gasteiger partial charge in [0.05, 0.1) is 22.1 Å². The Labute approximate surface area is 135 Å². The molecule has 0 bridgehead atoms. The van der Waals surface area contributed by atoms with Crippen LogP contribution in [0.3, 0.4) is 0 Å². The van der Waals surface area contributed by atoms with Gasteiger partial charge in [-0.15, -0.1) is 0 Å². The molecular formula is C16H12BrNO4. The normalized spacial score (nSPS) is 10.6. The molecule has 0 aliphatic heterocycles. The third-order valence-electron chi connectivity index (χ3n) is 2.97. The Morgan fingerprint density at radius 1 is 1.27 bits per heavy atom. The van der Waals surface area contributed by atoms with E-state index in [4.69, 9.17) is 4.74 Å². The average Bonchev–Trinajstić information content (AvgIpc) is 2.52. The van der Waals surface area contributed by atoms with Crippen LogP contribution in [0.2, 0.25) is 0 Å². The van der Waals surface area contributed by atoms with Crippen molar-refractivity contribution in [1.29, 1.82) is 0 Å². The first kappa shape index (κ1) is 15.9. The second-order valence-electron chi connectivity index (χ2n) is 4.37. The van der Waals surface area contributed by atoms with E-state index in [1.165, 1.54) is 24.3 Å². The summed E-state index contributed by atoms with van der Waals surface area (Å²) in [5.74, 6) is 0.265. The fourth-order valence-corrected chi connectivity index (χ4v) is 2.45. The molecule has 6 heteroatoms. The van der Waals surface area contributed by atoms with Crippen LogP contribution < -0.4 is 4.74 Å². The van der Waals surface area contributed by atoms with Crippen LogP contribution in [0.5, 0.6) is 5.75 Å². The van der Waals surface area contributed by atoms with Crippen molar-refractivity contribution in [3.05, 3.63) is 74.3 Å². The van der Waals surface area contributed by atoms with E-state index in [2.05, 4.69) is 15.9 Å². The standard InChI is InChI=1S/C16H12BrNO4/c1-22-16-9-7-11(10-13(16)17)6-8-15(19)12-4-2-3-5-14(12)18(20)21/h2-10H,1H3/b8-6+. The molecule has 0 N–H and O–H groups in total. The van der Waals surface area contributed by atoms with Crippen molar-refractivity contribution >= 4 is 33.5 Å². The van der Waals surface area contributed by atoms with Gasteiger partial charge in [-0.1, -0.05) is 24.3 Å². The molecule has 0 heterocycles. The number of ether oxygens (including phenoxy) is 1. The third-order valence-corrected chi connectivity index (χ3v) is 3.59. The Kier molecular flexibility index (Phi) is 5.06. The first-order valence-electron chi connectivity index (χ1n) is 6.32. The molecule has 0 spiro atoms. The number of carbonyl (C=O) groups is 1. The number of nitro benzene ring substituents is 1. The van der Waals surface area contributed by atoms with Gasteiger partial charge in [-0.2, -0.15) is 0 Å². The van der Waals surface area contributed by atoms with E-state index in [0.717, 1.165) is 10.0 Å². The fraction of sp³-hybridized carbons (Fsp3) is 0.0625. The van der Waals surface area contributed by atoms with E-state index in [0.29, 0.717) is 5.75 Å². The van der Waals surface area contributed by atoms with Crippen LogP contribution in [0.15, 0.2) is 53.0 Å². The van der Waals surface area contributed by atoms with Gasteiger partial charge in [0.15, 0.2) is 5.78 Å². The highest BCUT2D eigenvalue weighted by Crippen LogP contribution is 2.26. The zero-order chi connectivity index (χ0) is 16.1. The molecule has 112 valence electrons. The van der Waals surface area contributed by atoms with E-state index < -0.39 is 10.7 Å². The highest BCUT2D eigenvalue weighted by atomic mass is 79.9. The SMILES string of the molecule is COc1ccc(/C=C/C(=O)c2ccccc2[N+](=O)[O-])cc1Br. The number of nitrogens with zero attached hydrogens (tertiary/aromatic N) is 1. The predicted molar refractivity (Wildman–Crippen MR) is 87.2 cm³/mol. The summed E-state index contributed by atoms with van der Waals surface area (Å²) in [6, 6.07) is 11.2. The summed E-state index contributed by atoms with van der Waals surface area (Å²) in [5, 5.41) is 10.9. The van der Waals surface area contributed by atoms with Crippen molar-refractivity contribution in [2.45, 2.75) is 0 Å². The average molecular weight is 362 g/mol. The number of ketones is 1. The number of nitro groups is 1. The number of rotatable bonds is 5. The molecule has 0 amide bonds. The molecule has 2 rings (SSSR count). The molecule has 22 heavy (non-hydrogen) atoms. The molecule has 0 aliphatic rings. The summed E-state index contributed by atoms with van der Waals surface area (Å²) in [6.07, 6.45) is 2.92. The lowest BCUT2D eigenvalue weighted by Crippen LogP contribution is -2.00. The van der Waals surface area contributed by atoms with Crippen molar-refractivity contribution in [3.8, 4) is 5.75 Å². The van der Waals surface area contributed by atoms with Gasteiger partial charge in [-0.3, -0.25) is 14.9 Å². The summed E-state index contributed by atoms with van der Waals surface area (Å²) in [7, 11) is 1.56. The quantitative estimate of drug-likeness (QED) is 0.345. The summed E-state index contributed by atoms with van der Waals surface area (Å²) >= 11 is 3.36. The molecule has 0 saturated carbocycles. The van der Waals surface area contributed by atoms with Crippen LogP contribution in [0, 0.1) is 10.1 Å². The Hall–Kier alpha value is -2.47. The lowest BCUT2D eigenvalue weighted by atomic mass is 10.1. The minimum absolute atomic E-state index is 0.0660. The lowest BCUT2D eigenvalue weighted by molar-refractivity contribution is -0.385. The fourth-order valence-electron chi connectivity index (χ4n) is 1.89. The van der Waals surface area contributed by atoms with Gasteiger partial charge >= 0.3 is 0 Å². The number of carbonyl (C=O) groups excluding carboxylic acids is 1. The molecule has 2 aromatic rings. The van der Waals surface area contributed by atoms with Crippen molar-refractivity contribution in [2.75, 3.05) is 7.11 Å². The van der Waals surface area contributed by atoms with E-state index in [1.54, 1.807) is 37.5 Å². The van der Waals surface area contributed by atoms with Gasteiger partial charge in [0.1, 0.15) is 5.75 Å². The Balaban J connectivity index is 2.25. The maximum absolute atomic E-state index is 12.1. The zero-order valence-corrected chi connectivity index (χ0v) is 13.2. The number of benzene rings is 2. The molecule has 5 nitrogen and oxygen atoms in total. The molecule has 0 unspecified atom stereocenters. The Morgan fingerprint density at radius 2 is 2.00 bits per heavy atom. The largest absolute Gasteiger partial charge is 0.496 e. The first-order chi connectivity index (χ1) is 10.5. The molecule has 0 fully saturated rings. The van der Waals surface area contributed by atoms with Crippen LogP contribution >= 0.6 is 15.9 Å². The van der Waals surface area contributed by atoms with Crippen LogP contribution in [-0.4, -0.2) is 17.8 Å². The summed E-state index contributed by atoms with van der Waals surface area (Å²) in [6.45, 7) is 0. The second-order valence-corrected chi connectivity index (χ2v) is 5.22. The van der Waals surface area contributed by atoms with Crippen LogP contribution in [0.1, 0.15) is 15.9 Å². The molecule has 0 aromatic heterocycles. The molecule has 0 radical (unpaired) electrons. The van der Waals surface area contributed by atoms with Crippen molar-refractivity contribution < 1.29 is 14.5 Å². The van der Waals surface area contributed by atoms with Gasteiger partial charge in [0.25, 0.3) is 5.69 Å². The van der Waals surface area contributed by atoms with E-state index in [1.807, 2.05) is 0 Å². The minimum atomic E-state index is -0.564. The Morgan fingerprint density at radius 3 is 2.64 bits per heavy atom. The van der Waals surface area contributed by atoms with Gasteiger partial charge < -0.3 is 4.74 Å². The number of allylic oxidation sites excluding steroid dienone is 1. The van der Waals surface area contributed by atoms with Crippen LogP contribution in [-0.2, 0) is 0 Å². The minimum Gasteiger partial charge on any atom is -0.496 e. The summed E-state index contributed by atoms with van der Waals surface area (Å²) in [5.41, 5.74) is 0.643. The molecule has 0 atom stereocenters. The third kappa shape index (κ3) is 3.59. The summed E-state index contributed by atoms with van der Waals surface area (Å²) in [4.78, 5) is 22.5. The second kappa shape index (κ2) is 7.00. The van der Waals surface area contributed by atoms with Crippen LogP contribution in [0.4, 0.5) is 5.69 Å². The van der Waals surface area contributed by atoms with E-state index in [-0.39, 0.29) is 11.3 Å². The summed E-state index contributed by atoms with van der Waals surface area (Å²) < 4.78 is 5.88. The van der Waals surface area contributed by atoms with Crippen molar-refractivity contribution in [1.82, 2.24) is 0 Å². The lowest BCUT2D eigenvalue weighted by Gasteiger charge is -2.03. The van der Waals surface area contributed by atoms with E-state index in [9.17, 15) is 14.9 Å². The monoisotopic (exact) mass is 361 g/mol. The highest BCUT2D eigenvalue weighted by molar-refractivity contribution is 9.10. The van der Waals surface area contributed by atoms with Crippen molar-refractivity contribution in [3.63, 3.8) is 0 Å². The highest BCUT2D eigenvalue weighted by Gasteiger charge is 2.16. The molecule has 2 aromatic carbocycles. The van der Waals surface area contributed by atoms with Gasteiger partial charge in [-0.25, -0.2) is 0 Å². The predicted octanol–water partition coefficient (Wildman–Crippen LogP) is 4.26. The number of halogens is 1. The number of methoxy groups -OCH3 is 1. The van der Waals surface area contributed by atoms with Gasteiger partial charge in [0.2, 0.25) is 0 Å². The Bertz CT molecular complexity index is 756. The zero-order valence-electron chi connectivity index (χ0n) is 11.7. The van der Waals surface area contributed by atoms with Gasteiger partial charge in [0, 0.05) is 6.07 Å². The maximum atomic E-state index is 12.1. The number of hydrogen-bond donors (Lipinski definition) is 0.